The van der Waals surface area contributed by atoms with Gasteiger partial charge in [-0.1, -0.05) is 29.5 Å². The number of nitrogens with zero attached hydrogens (tertiary/aromatic N) is 4. The molecule has 0 unspecified atom stereocenters. The molecule has 10 heteroatoms. The Morgan fingerprint density at radius 2 is 1.91 bits per heavy atom. The normalized spacial score (nSPS) is 14.2. The van der Waals surface area contributed by atoms with Crippen LogP contribution in [0, 0.1) is 18.6 Å². The number of nitrogen functional groups attached to an aromatic ring is 1. The zero-order chi connectivity index (χ0) is 24.1. The molecule has 2 aromatic carbocycles. The molecule has 0 aliphatic carbocycles. The maximum Gasteiger partial charge on any atom is 0.246 e. The number of aromatic nitrogens is 2. The van der Waals surface area contributed by atoms with Gasteiger partial charge < -0.3 is 15.5 Å². The first-order valence-corrected chi connectivity index (χ1v) is 11.8. The van der Waals surface area contributed by atoms with Crippen molar-refractivity contribution < 1.29 is 13.6 Å². The number of carbonyl (C=O) groups is 1. The third-order valence-electron chi connectivity index (χ3n) is 5.99. The van der Waals surface area contributed by atoms with Gasteiger partial charge in [0.1, 0.15) is 11.3 Å². The standard InChI is InChI=1S/C24H20ClF2N5OS/c1-3-18(33)32-8-6-31(7-9-32)17-10-12(2)29-21-14(17)11-15(25)19(20(21)27)13-4-5-16(26)23-22(13)30-24(28)34-23/h3-5,10-11H,1,6-9H2,2H3,(H2,28,30). The van der Waals surface area contributed by atoms with Gasteiger partial charge in [-0.2, -0.15) is 0 Å². The number of hydrogen-bond acceptors (Lipinski definition) is 6. The monoisotopic (exact) mass is 499 g/mol. The van der Waals surface area contributed by atoms with Gasteiger partial charge in [0.2, 0.25) is 5.91 Å². The Labute approximate surface area is 203 Å². The molecule has 1 aliphatic heterocycles. The van der Waals surface area contributed by atoms with Gasteiger partial charge in [0, 0.05) is 54.1 Å². The fraction of sp³-hybridized carbons (Fsp3) is 0.208. The molecular weight excluding hydrogens is 480 g/mol. The number of fused-ring (bicyclic) bond motifs is 2. The third kappa shape index (κ3) is 3.65. The molecule has 5 rings (SSSR count). The molecule has 2 aromatic heterocycles. The summed E-state index contributed by atoms with van der Waals surface area (Å²) in [6.45, 7) is 7.55. The Bertz CT molecular complexity index is 1480. The number of nitrogens with two attached hydrogens (primary N) is 1. The number of rotatable bonds is 3. The highest BCUT2D eigenvalue weighted by atomic mass is 35.5. The van der Waals surface area contributed by atoms with Crippen molar-refractivity contribution in [1.29, 1.82) is 0 Å². The van der Waals surface area contributed by atoms with Gasteiger partial charge in [-0.3, -0.25) is 4.79 Å². The zero-order valence-electron chi connectivity index (χ0n) is 18.2. The van der Waals surface area contributed by atoms with E-state index in [1.165, 1.54) is 18.2 Å². The SMILES string of the molecule is C=CC(=O)N1CCN(c2cc(C)nc3c(F)c(-c4ccc(F)c5sc(N)nc45)c(Cl)cc23)CC1. The van der Waals surface area contributed by atoms with Crippen molar-refractivity contribution in [3.63, 3.8) is 0 Å². The Hall–Kier alpha value is -3.30. The molecule has 2 N–H and O–H groups in total. The highest BCUT2D eigenvalue weighted by molar-refractivity contribution is 7.22. The molecule has 0 bridgehead atoms. The maximum atomic E-state index is 16.0. The van der Waals surface area contributed by atoms with Gasteiger partial charge in [-0.15, -0.1) is 0 Å². The number of pyridine rings is 1. The number of piperazine rings is 1. The molecule has 4 aromatic rings. The van der Waals surface area contributed by atoms with E-state index in [4.69, 9.17) is 17.3 Å². The first kappa shape index (κ1) is 22.5. The Balaban J connectivity index is 1.65. The van der Waals surface area contributed by atoms with E-state index in [2.05, 4.69) is 21.4 Å². The zero-order valence-corrected chi connectivity index (χ0v) is 19.8. The second-order valence-corrected chi connectivity index (χ2v) is 9.51. The Morgan fingerprint density at radius 3 is 2.62 bits per heavy atom. The summed E-state index contributed by atoms with van der Waals surface area (Å²) in [5.74, 6) is -1.19. The van der Waals surface area contributed by atoms with E-state index in [1.807, 2.05) is 6.07 Å². The van der Waals surface area contributed by atoms with Gasteiger partial charge in [-0.25, -0.2) is 18.7 Å². The van der Waals surface area contributed by atoms with Crippen LogP contribution in [0.5, 0.6) is 0 Å². The van der Waals surface area contributed by atoms with Gasteiger partial charge in [-0.05, 0) is 37.3 Å². The smallest absolute Gasteiger partial charge is 0.246 e. The average Bonchev–Trinajstić information content (AvgIpc) is 3.22. The lowest BCUT2D eigenvalue weighted by atomic mass is 10.00. The molecule has 1 aliphatic rings. The van der Waals surface area contributed by atoms with Crippen molar-refractivity contribution in [2.24, 2.45) is 0 Å². The average molecular weight is 500 g/mol. The molecule has 0 saturated carbocycles. The van der Waals surface area contributed by atoms with Crippen molar-refractivity contribution in [3.05, 3.63) is 59.3 Å². The van der Waals surface area contributed by atoms with Gasteiger partial charge in [0.05, 0.1) is 15.2 Å². The second kappa shape index (κ2) is 8.48. The highest BCUT2D eigenvalue weighted by Crippen LogP contribution is 2.42. The molecule has 0 radical (unpaired) electrons. The van der Waals surface area contributed by atoms with Crippen molar-refractivity contribution in [2.45, 2.75) is 6.92 Å². The van der Waals surface area contributed by atoms with E-state index >= 15 is 4.39 Å². The summed E-state index contributed by atoms with van der Waals surface area (Å²) in [4.78, 5) is 24.4. The van der Waals surface area contributed by atoms with Gasteiger partial charge in [0.15, 0.2) is 10.9 Å². The molecule has 0 spiro atoms. The van der Waals surface area contributed by atoms with Crippen LogP contribution >= 0.6 is 22.9 Å². The molecule has 174 valence electrons. The number of anilines is 2. The minimum absolute atomic E-state index is 0.106. The quantitative estimate of drug-likeness (QED) is 0.394. The summed E-state index contributed by atoms with van der Waals surface area (Å²) >= 11 is 7.62. The van der Waals surface area contributed by atoms with Crippen LogP contribution in [0.2, 0.25) is 5.02 Å². The molecule has 0 atom stereocenters. The summed E-state index contributed by atoms with van der Waals surface area (Å²) in [5, 5.41) is 0.914. The number of thiazole rings is 1. The lowest BCUT2D eigenvalue weighted by molar-refractivity contribution is -0.126. The van der Waals surface area contributed by atoms with Crippen molar-refractivity contribution in [3.8, 4) is 11.1 Å². The molecule has 34 heavy (non-hydrogen) atoms. The van der Waals surface area contributed by atoms with Crippen LogP contribution in [-0.4, -0.2) is 47.0 Å². The maximum absolute atomic E-state index is 16.0. The van der Waals surface area contributed by atoms with E-state index in [9.17, 15) is 9.18 Å². The summed E-state index contributed by atoms with van der Waals surface area (Å²) < 4.78 is 30.6. The van der Waals surface area contributed by atoms with Crippen LogP contribution in [0.15, 0.2) is 36.9 Å². The summed E-state index contributed by atoms with van der Waals surface area (Å²) in [5.41, 5.74) is 8.13. The summed E-state index contributed by atoms with van der Waals surface area (Å²) in [6.07, 6.45) is 1.31. The first-order valence-electron chi connectivity index (χ1n) is 10.6. The van der Waals surface area contributed by atoms with Crippen LogP contribution in [0.1, 0.15) is 5.69 Å². The van der Waals surface area contributed by atoms with Gasteiger partial charge >= 0.3 is 0 Å². The van der Waals surface area contributed by atoms with E-state index in [1.54, 1.807) is 17.9 Å². The topological polar surface area (TPSA) is 75.4 Å². The molecular formula is C24H20ClF2N5OS. The lowest BCUT2D eigenvalue weighted by Gasteiger charge is -2.36. The number of aryl methyl sites for hydroxylation is 1. The summed E-state index contributed by atoms with van der Waals surface area (Å²) in [7, 11) is 0. The predicted octanol–water partition coefficient (Wildman–Crippen LogP) is 5.17. The fourth-order valence-electron chi connectivity index (χ4n) is 4.40. The van der Waals surface area contributed by atoms with Crippen LogP contribution in [-0.2, 0) is 4.79 Å². The minimum atomic E-state index is -0.604. The van der Waals surface area contributed by atoms with E-state index in [-0.39, 0.29) is 37.4 Å². The number of amides is 1. The van der Waals surface area contributed by atoms with Gasteiger partial charge in [0.25, 0.3) is 0 Å². The van der Waals surface area contributed by atoms with Crippen molar-refractivity contribution in [1.82, 2.24) is 14.9 Å². The molecule has 1 amide bonds. The highest BCUT2D eigenvalue weighted by Gasteiger charge is 2.25. The summed E-state index contributed by atoms with van der Waals surface area (Å²) in [6, 6.07) is 6.29. The van der Waals surface area contributed by atoms with Crippen molar-refractivity contribution >= 4 is 60.8 Å². The van der Waals surface area contributed by atoms with E-state index in [0.29, 0.717) is 42.8 Å². The van der Waals surface area contributed by atoms with E-state index < -0.39 is 11.6 Å². The van der Waals surface area contributed by atoms with E-state index in [0.717, 1.165) is 17.0 Å². The lowest BCUT2D eigenvalue weighted by Crippen LogP contribution is -2.48. The second-order valence-electron chi connectivity index (χ2n) is 8.07. The number of benzene rings is 2. The predicted molar refractivity (Wildman–Crippen MR) is 133 cm³/mol. The first-order chi connectivity index (χ1) is 16.3. The minimum Gasteiger partial charge on any atom is -0.375 e. The molecule has 3 heterocycles. The molecule has 1 saturated heterocycles. The van der Waals surface area contributed by atoms with Crippen LogP contribution in [0.3, 0.4) is 0 Å². The fourth-order valence-corrected chi connectivity index (χ4v) is 5.45. The van der Waals surface area contributed by atoms with Crippen LogP contribution in [0.25, 0.3) is 32.2 Å². The Morgan fingerprint density at radius 1 is 1.18 bits per heavy atom. The van der Waals surface area contributed by atoms with Crippen molar-refractivity contribution in [2.75, 3.05) is 36.8 Å². The number of hydrogen-bond donors (Lipinski definition) is 1. The molecule has 1 fully saturated rings. The van der Waals surface area contributed by atoms with Crippen LogP contribution < -0.4 is 10.6 Å². The number of carbonyl (C=O) groups excluding carboxylic acids is 1. The number of halogens is 3. The third-order valence-corrected chi connectivity index (χ3v) is 7.18. The van der Waals surface area contributed by atoms with Crippen LogP contribution in [0.4, 0.5) is 19.6 Å². The Kier molecular flexibility index (Phi) is 5.61. The molecule has 6 nitrogen and oxygen atoms in total. The largest absolute Gasteiger partial charge is 0.375 e.